The first-order valence-electron chi connectivity index (χ1n) is 5.92. The van der Waals surface area contributed by atoms with Crippen LogP contribution in [-0.2, 0) is 0 Å². The van der Waals surface area contributed by atoms with Crippen molar-refractivity contribution in [2.75, 3.05) is 11.9 Å². The fourth-order valence-electron chi connectivity index (χ4n) is 2.36. The van der Waals surface area contributed by atoms with Crippen LogP contribution in [0.15, 0.2) is 23.0 Å². The molecule has 1 saturated carbocycles. The maximum Gasteiger partial charge on any atom is 0.323 e. The number of anilines is 1. The van der Waals surface area contributed by atoms with Gasteiger partial charge in [0.05, 0.1) is 11.0 Å². The van der Waals surface area contributed by atoms with Crippen molar-refractivity contribution >= 4 is 16.7 Å². The molecule has 1 aliphatic rings. The lowest BCUT2D eigenvalue weighted by Gasteiger charge is -2.32. The average Bonchev–Trinajstić information content (AvgIpc) is 2.62. The summed E-state index contributed by atoms with van der Waals surface area (Å²) in [6.07, 6.45) is 2.21. The van der Waals surface area contributed by atoms with Gasteiger partial charge in [0.1, 0.15) is 0 Å². The third-order valence-electron chi connectivity index (χ3n) is 3.38. The van der Waals surface area contributed by atoms with Gasteiger partial charge in [0.2, 0.25) is 0 Å². The maximum atomic E-state index is 11.1. The van der Waals surface area contributed by atoms with Crippen molar-refractivity contribution in [3.05, 3.63) is 28.7 Å². The summed E-state index contributed by atoms with van der Waals surface area (Å²) < 4.78 is 0. The predicted octanol–water partition coefficient (Wildman–Crippen LogP) is 1.01. The lowest BCUT2D eigenvalue weighted by Crippen LogP contribution is -2.39. The minimum atomic E-state index is -0.165. The zero-order valence-corrected chi connectivity index (χ0v) is 9.49. The summed E-state index contributed by atoms with van der Waals surface area (Å²) in [7, 11) is 0. The number of aromatic nitrogens is 2. The molecule has 1 aliphatic carbocycles. The first kappa shape index (κ1) is 10.4. The number of rotatable bonds is 3. The lowest BCUT2D eigenvalue weighted by molar-refractivity contribution is 0.280. The van der Waals surface area contributed by atoms with E-state index in [-0.39, 0.29) is 5.69 Å². The first-order chi connectivity index (χ1) is 8.20. The summed E-state index contributed by atoms with van der Waals surface area (Å²) in [6.45, 7) is 0.952. The van der Waals surface area contributed by atoms with E-state index >= 15 is 0 Å². The molecule has 1 fully saturated rings. The van der Waals surface area contributed by atoms with Gasteiger partial charge in [-0.15, -0.1) is 0 Å². The molecule has 0 aliphatic heterocycles. The average molecular weight is 232 g/mol. The Balaban J connectivity index is 1.70. The number of nitrogens with one attached hydrogen (secondary N) is 3. The van der Waals surface area contributed by atoms with E-state index in [0.29, 0.717) is 12.0 Å². The molecule has 17 heavy (non-hydrogen) atoms. The standard InChI is InChI=1S/C12H16N4O/c13-8-3-7(4-8)6-14-9-1-2-10-11(5-9)16-12(17)15-10/h1-2,5,7-8,14H,3-4,6,13H2,(H2,15,16,17). The van der Waals surface area contributed by atoms with Crippen molar-refractivity contribution < 1.29 is 0 Å². The highest BCUT2D eigenvalue weighted by Crippen LogP contribution is 2.26. The van der Waals surface area contributed by atoms with Crippen LogP contribution >= 0.6 is 0 Å². The maximum absolute atomic E-state index is 11.1. The largest absolute Gasteiger partial charge is 0.385 e. The summed E-state index contributed by atoms with van der Waals surface area (Å²) in [6, 6.07) is 6.23. The molecule has 1 aromatic carbocycles. The molecule has 0 radical (unpaired) electrons. The predicted molar refractivity (Wildman–Crippen MR) is 68.1 cm³/mol. The Bertz CT molecular complexity index is 579. The number of nitrogens with two attached hydrogens (primary N) is 1. The fourth-order valence-corrected chi connectivity index (χ4v) is 2.36. The number of aromatic amines is 2. The zero-order valence-electron chi connectivity index (χ0n) is 9.49. The van der Waals surface area contributed by atoms with Gasteiger partial charge in [-0.25, -0.2) is 4.79 Å². The third-order valence-corrected chi connectivity index (χ3v) is 3.38. The molecular weight excluding hydrogens is 216 g/mol. The quantitative estimate of drug-likeness (QED) is 0.637. The normalized spacial score (nSPS) is 23.6. The lowest BCUT2D eigenvalue weighted by atomic mass is 9.81. The summed E-state index contributed by atoms with van der Waals surface area (Å²) in [4.78, 5) is 16.6. The van der Waals surface area contributed by atoms with Crippen molar-refractivity contribution in [3.63, 3.8) is 0 Å². The van der Waals surface area contributed by atoms with Gasteiger partial charge in [0.25, 0.3) is 0 Å². The van der Waals surface area contributed by atoms with Gasteiger partial charge in [-0.3, -0.25) is 0 Å². The van der Waals surface area contributed by atoms with Crippen LogP contribution in [-0.4, -0.2) is 22.6 Å². The second kappa shape index (κ2) is 3.92. The molecule has 5 heteroatoms. The van der Waals surface area contributed by atoms with Gasteiger partial charge < -0.3 is 21.0 Å². The highest BCUT2D eigenvalue weighted by atomic mass is 16.1. The SMILES string of the molecule is NC1CC(CNc2ccc3[nH]c(=O)[nH]c3c2)C1. The minimum Gasteiger partial charge on any atom is -0.385 e. The summed E-state index contributed by atoms with van der Waals surface area (Å²) in [5, 5.41) is 3.38. The fraction of sp³-hybridized carbons (Fsp3) is 0.417. The highest BCUT2D eigenvalue weighted by Gasteiger charge is 2.25. The number of hydrogen-bond donors (Lipinski definition) is 4. The molecule has 0 unspecified atom stereocenters. The molecule has 90 valence electrons. The van der Waals surface area contributed by atoms with E-state index < -0.39 is 0 Å². The Hall–Kier alpha value is -1.75. The highest BCUT2D eigenvalue weighted by molar-refractivity contribution is 5.78. The second-order valence-corrected chi connectivity index (χ2v) is 4.82. The number of benzene rings is 1. The van der Waals surface area contributed by atoms with Crippen molar-refractivity contribution in [1.29, 1.82) is 0 Å². The smallest absolute Gasteiger partial charge is 0.323 e. The van der Waals surface area contributed by atoms with E-state index in [1.165, 1.54) is 0 Å². The number of H-pyrrole nitrogens is 2. The van der Waals surface area contributed by atoms with Gasteiger partial charge in [0, 0.05) is 18.3 Å². The monoisotopic (exact) mass is 232 g/mol. The van der Waals surface area contributed by atoms with Crippen LogP contribution in [0.3, 0.4) is 0 Å². The van der Waals surface area contributed by atoms with Gasteiger partial charge in [-0.1, -0.05) is 0 Å². The van der Waals surface area contributed by atoms with Crippen molar-refractivity contribution in [2.24, 2.45) is 11.7 Å². The van der Waals surface area contributed by atoms with Gasteiger partial charge in [0.15, 0.2) is 0 Å². The molecule has 2 aromatic rings. The second-order valence-electron chi connectivity index (χ2n) is 4.82. The Labute approximate surface area is 98.4 Å². The molecule has 0 bridgehead atoms. The number of hydrogen-bond acceptors (Lipinski definition) is 3. The van der Waals surface area contributed by atoms with E-state index in [1.807, 2.05) is 18.2 Å². The molecular formula is C12H16N4O. The Kier molecular flexibility index (Phi) is 2.40. The van der Waals surface area contributed by atoms with Gasteiger partial charge in [-0.05, 0) is 37.0 Å². The van der Waals surface area contributed by atoms with E-state index in [0.717, 1.165) is 36.1 Å². The van der Waals surface area contributed by atoms with Crippen molar-refractivity contribution in [1.82, 2.24) is 9.97 Å². The molecule has 0 atom stereocenters. The first-order valence-corrected chi connectivity index (χ1v) is 5.92. The third kappa shape index (κ3) is 2.06. The molecule has 1 heterocycles. The Morgan fingerprint density at radius 3 is 2.82 bits per heavy atom. The minimum absolute atomic E-state index is 0.165. The molecule has 5 N–H and O–H groups in total. The summed E-state index contributed by atoms with van der Waals surface area (Å²) >= 11 is 0. The van der Waals surface area contributed by atoms with Crippen molar-refractivity contribution in [3.8, 4) is 0 Å². The van der Waals surface area contributed by atoms with Crippen molar-refractivity contribution in [2.45, 2.75) is 18.9 Å². The molecule has 0 spiro atoms. The van der Waals surface area contributed by atoms with Crippen LogP contribution in [0.2, 0.25) is 0 Å². The molecule has 0 saturated heterocycles. The van der Waals surface area contributed by atoms with Crippen LogP contribution in [0, 0.1) is 5.92 Å². The number of imidazole rings is 1. The van der Waals surface area contributed by atoms with E-state index in [2.05, 4.69) is 15.3 Å². The molecule has 3 rings (SSSR count). The van der Waals surface area contributed by atoms with Crippen LogP contribution in [0.1, 0.15) is 12.8 Å². The topological polar surface area (TPSA) is 86.7 Å². The van der Waals surface area contributed by atoms with E-state index in [1.54, 1.807) is 0 Å². The van der Waals surface area contributed by atoms with Gasteiger partial charge in [-0.2, -0.15) is 0 Å². The summed E-state index contributed by atoms with van der Waals surface area (Å²) in [5.41, 5.74) is 8.29. The summed E-state index contributed by atoms with van der Waals surface area (Å²) in [5.74, 6) is 0.686. The zero-order chi connectivity index (χ0) is 11.8. The van der Waals surface area contributed by atoms with Crippen LogP contribution in [0.25, 0.3) is 11.0 Å². The Morgan fingerprint density at radius 2 is 2.06 bits per heavy atom. The molecule has 0 amide bonds. The van der Waals surface area contributed by atoms with E-state index in [9.17, 15) is 4.79 Å². The van der Waals surface area contributed by atoms with Gasteiger partial charge >= 0.3 is 5.69 Å². The molecule has 5 nitrogen and oxygen atoms in total. The van der Waals surface area contributed by atoms with Crippen LogP contribution in [0.5, 0.6) is 0 Å². The van der Waals surface area contributed by atoms with E-state index in [4.69, 9.17) is 5.73 Å². The number of fused-ring (bicyclic) bond motifs is 1. The molecule has 1 aromatic heterocycles. The van der Waals surface area contributed by atoms with Crippen LogP contribution in [0.4, 0.5) is 5.69 Å². The Morgan fingerprint density at radius 1 is 1.29 bits per heavy atom. The van der Waals surface area contributed by atoms with Crippen LogP contribution < -0.4 is 16.7 Å².